The van der Waals surface area contributed by atoms with Crippen LogP contribution >= 0.6 is 24.2 Å². The minimum Gasteiger partial charge on any atom is -0.114 e. The highest BCUT2D eigenvalue weighted by Gasteiger charge is 2.44. The van der Waals surface area contributed by atoms with E-state index in [1.54, 1.807) is 0 Å². The van der Waals surface area contributed by atoms with Gasteiger partial charge in [-0.1, -0.05) is 87.2 Å². The Morgan fingerprint density at radius 3 is 1.25 bits per heavy atom. The van der Waals surface area contributed by atoms with Gasteiger partial charge in [0.1, 0.15) is 23.2 Å². The van der Waals surface area contributed by atoms with E-state index in [2.05, 4.69) is 97.9 Å². The molecular formula is C26H33BrP+. The zero-order valence-corrected chi connectivity index (χ0v) is 19.6. The molecule has 28 heavy (non-hydrogen) atoms. The highest BCUT2D eigenvalue weighted by Crippen LogP contribution is 2.55. The smallest absolute Gasteiger partial charge is 0.112 e. The van der Waals surface area contributed by atoms with Gasteiger partial charge in [0.25, 0.3) is 0 Å². The first-order chi connectivity index (χ1) is 13.4. The first-order valence-corrected chi connectivity index (χ1v) is 12.4. The summed E-state index contributed by atoms with van der Waals surface area (Å²) in [5.74, 6) is 0. The summed E-state index contributed by atoms with van der Waals surface area (Å²) >= 11 is 0. The average molecular weight is 456 g/mol. The van der Waals surface area contributed by atoms with E-state index >= 15 is 0 Å². The van der Waals surface area contributed by atoms with Crippen LogP contribution in [-0.2, 0) is 0 Å². The van der Waals surface area contributed by atoms with E-state index in [0.29, 0.717) is 0 Å². The van der Waals surface area contributed by atoms with Crippen LogP contribution in [0.4, 0.5) is 0 Å². The second kappa shape index (κ2) is 12.2. The Balaban J connectivity index is 0.00000280. The number of hydrogen-bond acceptors (Lipinski definition) is 0. The number of benzene rings is 3. The summed E-state index contributed by atoms with van der Waals surface area (Å²) in [5.41, 5.74) is 0. The Bertz CT molecular complexity index is 675. The van der Waals surface area contributed by atoms with E-state index in [9.17, 15) is 0 Å². The molecule has 3 rings (SSSR count). The molecule has 0 radical (unpaired) electrons. The molecule has 0 heterocycles. The van der Waals surface area contributed by atoms with Crippen LogP contribution in [-0.4, -0.2) is 6.16 Å². The molecule has 0 aliphatic heterocycles. The maximum atomic E-state index is 2.35. The summed E-state index contributed by atoms with van der Waals surface area (Å²) in [6.07, 6.45) is 9.34. The normalized spacial score (nSPS) is 11.0. The first-order valence-electron chi connectivity index (χ1n) is 10.4. The van der Waals surface area contributed by atoms with E-state index in [1.807, 2.05) is 0 Å². The van der Waals surface area contributed by atoms with Crippen molar-refractivity contribution in [1.82, 2.24) is 0 Å². The van der Waals surface area contributed by atoms with Crippen molar-refractivity contribution >= 4 is 40.2 Å². The van der Waals surface area contributed by atoms with Gasteiger partial charge in [-0.2, -0.15) is 0 Å². The lowest BCUT2D eigenvalue weighted by Crippen LogP contribution is -2.33. The molecule has 0 aliphatic carbocycles. The molecule has 0 saturated heterocycles. The second-order valence-corrected chi connectivity index (χ2v) is 10.9. The fourth-order valence-corrected chi connectivity index (χ4v) is 8.42. The fourth-order valence-electron chi connectivity index (χ4n) is 4.01. The molecule has 0 aromatic heterocycles. The van der Waals surface area contributed by atoms with Gasteiger partial charge >= 0.3 is 0 Å². The highest BCUT2D eigenvalue weighted by atomic mass is 79.9. The Morgan fingerprint density at radius 2 is 0.857 bits per heavy atom. The lowest BCUT2D eigenvalue weighted by Gasteiger charge is -2.27. The number of hydrogen-bond donors (Lipinski definition) is 0. The van der Waals surface area contributed by atoms with Crippen molar-refractivity contribution in [2.75, 3.05) is 6.16 Å². The third-order valence-electron chi connectivity index (χ3n) is 5.44. The predicted octanol–water partition coefficient (Wildman–Crippen LogP) is 6.92. The molecule has 0 fully saturated rings. The highest BCUT2D eigenvalue weighted by molar-refractivity contribution is 8.93. The van der Waals surface area contributed by atoms with Crippen LogP contribution in [0.15, 0.2) is 91.0 Å². The van der Waals surface area contributed by atoms with Crippen LogP contribution in [0.5, 0.6) is 0 Å². The van der Waals surface area contributed by atoms with Crippen molar-refractivity contribution < 1.29 is 0 Å². The van der Waals surface area contributed by atoms with Crippen molar-refractivity contribution in [1.29, 1.82) is 0 Å². The van der Waals surface area contributed by atoms with Gasteiger partial charge in [0.05, 0.1) is 6.16 Å². The minimum absolute atomic E-state index is 0. The molecule has 0 atom stereocenters. The maximum Gasteiger partial charge on any atom is 0.112 e. The molecule has 0 aliphatic rings. The summed E-state index contributed by atoms with van der Waals surface area (Å²) in [5, 5.41) is 4.53. The Morgan fingerprint density at radius 1 is 0.500 bits per heavy atom. The molecule has 2 heteroatoms. The molecule has 0 spiro atoms. The van der Waals surface area contributed by atoms with Gasteiger partial charge < -0.3 is 0 Å². The van der Waals surface area contributed by atoms with Crippen molar-refractivity contribution in [2.45, 2.75) is 45.4 Å². The number of halogens is 1. The zero-order chi connectivity index (χ0) is 18.8. The van der Waals surface area contributed by atoms with Gasteiger partial charge in [0.15, 0.2) is 0 Å². The van der Waals surface area contributed by atoms with E-state index < -0.39 is 7.26 Å². The molecule has 0 N–H and O–H groups in total. The zero-order valence-electron chi connectivity index (χ0n) is 17.0. The molecule has 3 aromatic carbocycles. The van der Waals surface area contributed by atoms with Gasteiger partial charge in [0, 0.05) is 0 Å². The summed E-state index contributed by atoms with van der Waals surface area (Å²) in [6.45, 7) is 2.29. The first kappa shape index (κ1) is 22.9. The Labute approximate surface area is 182 Å². The van der Waals surface area contributed by atoms with Crippen molar-refractivity contribution in [3.8, 4) is 0 Å². The third kappa shape index (κ3) is 5.56. The Hall–Kier alpha value is -1.43. The lowest BCUT2D eigenvalue weighted by atomic mass is 10.1. The largest absolute Gasteiger partial charge is 0.114 e. The van der Waals surface area contributed by atoms with Gasteiger partial charge in [-0.3, -0.25) is 0 Å². The molecule has 148 valence electrons. The van der Waals surface area contributed by atoms with E-state index in [4.69, 9.17) is 0 Å². The standard InChI is InChI=1S/C26H32P.BrH/c1-2-3-4-5-6-16-23-27(24-17-10-7-11-18-24,25-19-12-8-13-20-25)26-21-14-9-15-22-26;/h7-15,17-22H,2-6,16,23H2,1H3;1H/q+1;. The van der Waals surface area contributed by atoms with Gasteiger partial charge in [0.2, 0.25) is 0 Å². The molecule has 0 saturated carbocycles. The SMILES string of the molecule is Br.CCCCCCCC[P+](c1ccccc1)(c1ccccc1)c1ccccc1. The van der Waals surface area contributed by atoms with Crippen molar-refractivity contribution in [2.24, 2.45) is 0 Å². The van der Waals surface area contributed by atoms with Crippen molar-refractivity contribution in [3.63, 3.8) is 0 Å². The average Bonchev–Trinajstić information content (AvgIpc) is 2.75. The second-order valence-electron chi connectivity index (χ2n) is 7.31. The summed E-state index contributed by atoms with van der Waals surface area (Å²) < 4.78 is 0. The van der Waals surface area contributed by atoms with Gasteiger partial charge in [-0.15, -0.1) is 17.0 Å². The van der Waals surface area contributed by atoms with Crippen LogP contribution in [0.3, 0.4) is 0 Å². The maximum absolute atomic E-state index is 2.35. The number of unbranched alkanes of at least 4 members (excludes halogenated alkanes) is 5. The van der Waals surface area contributed by atoms with Crippen LogP contribution in [0.25, 0.3) is 0 Å². The van der Waals surface area contributed by atoms with Gasteiger partial charge in [-0.05, 0) is 49.2 Å². The van der Waals surface area contributed by atoms with E-state index in [0.717, 1.165) is 0 Å². The third-order valence-corrected chi connectivity index (χ3v) is 9.96. The van der Waals surface area contributed by atoms with Crippen LogP contribution in [0.2, 0.25) is 0 Å². The summed E-state index contributed by atoms with van der Waals surface area (Å²) in [6, 6.07) is 33.8. The topological polar surface area (TPSA) is 0 Å². The molecule has 3 aromatic rings. The summed E-state index contributed by atoms with van der Waals surface area (Å²) in [7, 11) is -1.61. The molecule has 0 bridgehead atoms. The van der Waals surface area contributed by atoms with E-state index in [-0.39, 0.29) is 17.0 Å². The molecule has 0 unspecified atom stereocenters. The molecule has 0 nitrogen and oxygen atoms in total. The van der Waals surface area contributed by atoms with Crippen LogP contribution < -0.4 is 15.9 Å². The minimum atomic E-state index is -1.61. The Kier molecular flexibility index (Phi) is 9.96. The summed E-state index contributed by atoms with van der Waals surface area (Å²) in [4.78, 5) is 0. The quantitative estimate of drug-likeness (QED) is 0.230. The monoisotopic (exact) mass is 455 g/mol. The lowest BCUT2D eigenvalue weighted by molar-refractivity contribution is 0.626. The predicted molar refractivity (Wildman–Crippen MR) is 134 cm³/mol. The van der Waals surface area contributed by atoms with Crippen LogP contribution in [0.1, 0.15) is 45.4 Å². The van der Waals surface area contributed by atoms with Crippen molar-refractivity contribution in [3.05, 3.63) is 91.0 Å². The molecular weight excluding hydrogens is 423 g/mol. The van der Waals surface area contributed by atoms with Crippen LogP contribution in [0, 0.1) is 0 Å². The fraction of sp³-hybridized carbons (Fsp3) is 0.308. The number of rotatable bonds is 10. The van der Waals surface area contributed by atoms with E-state index in [1.165, 1.54) is 60.6 Å². The van der Waals surface area contributed by atoms with Gasteiger partial charge in [-0.25, -0.2) is 0 Å². The molecule has 0 amide bonds.